The largest absolute Gasteiger partial charge is 0.327 e. The SMILES string of the molecule is C#CCN1CN(CC=C)C(=O)N(c2snc(CC)c2C)C1. The molecule has 0 atom stereocenters. The monoisotopic (exact) mass is 304 g/mol. The number of anilines is 1. The van der Waals surface area contributed by atoms with E-state index in [4.69, 9.17) is 6.42 Å². The fourth-order valence-corrected chi connectivity index (χ4v) is 3.34. The lowest BCUT2D eigenvalue weighted by molar-refractivity contribution is 0.132. The molecule has 0 aromatic carbocycles. The van der Waals surface area contributed by atoms with Crippen molar-refractivity contribution in [2.24, 2.45) is 0 Å². The first-order chi connectivity index (χ1) is 10.1. The maximum atomic E-state index is 12.6. The van der Waals surface area contributed by atoms with E-state index >= 15 is 0 Å². The van der Waals surface area contributed by atoms with Gasteiger partial charge in [-0.25, -0.2) is 4.79 Å². The van der Waals surface area contributed by atoms with Crippen molar-refractivity contribution in [2.75, 3.05) is 31.3 Å². The average Bonchev–Trinajstić information content (AvgIpc) is 2.83. The van der Waals surface area contributed by atoms with Crippen LogP contribution in [-0.4, -0.2) is 46.6 Å². The minimum absolute atomic E-state index is 0.0161. The third kappa shape index (κ3) is 3.09. The molecule has 6 heteroatoms. The van der Waals surface area contributed by atoms with Gasteiger partial charge in [0.05, 0.1) is 25.6 Å². The van der Waals surface area contributed by atoms with Gasteiger partial charge in [0.15, 0.2) is 0 Å². The lowest BCUT2D eigenvalue weighted by atomic mass is 10.2. The van der Waals surface area contributed by atoms with Crippen LogP contribution in [0.15, 0.2) is 12.7 Å². The van der Waals surface area contributed by atoms with Crippen LogP contribution in [0.2, 0.25) is 0 Å². The van der Waals surface area contributed by atoms with Crippen molar-refractivity contribution in [1.29, 1.82) is 0 Å². The Labute approximate surface area is 130 Å². The zero-order chi connectivity index (χ0) is 15.4. The van der Waals surface area contributed by atoms with Crippen LogP contribution in [0.3, 0.4) is 0 Å². The number of rotatable bonds is 5. The number of hydrogen-bond donors (Lipinski definition) is 0. The van der Waals surface area contributed by atoms with Crippen molar-refractivity contribution in [3.05, 3.63) is 23.9 Å². The summed E-state index contributed by atoms with van der Waals surface area (Å²) in [6.07, 6.45) is 8.01. The van der Waals surface area contributed by atoms with E-state index in [2.05, 4.69) is 28.7 Å². The second-order valence-electron chi connectivity index (χ2n) is 4.95. The van der Waals surface area contributed by atoms with Crippen molar-refractivity contribution in [1.82, 2.24) is 14.2 Å². The van der Waals surface area contributed by atoms with E-state index in [1.165, 1.54) is 11.5 Å². The van der Waals surface area contributed by atoms with E-state index < -0.39 is 0 Å². The van der Waals surface area contributed by atoms with Crippen molar-refractivity contribution >= 4 is 22.6 Å². The molecule has 0 unspecified atom stereocenters. The second-order valence-corrected chi connectivity index (χ2v) is 5.70. The third-order valence-corrected chi connectivity index (χ3v) is 4.47. The predicted molar refractivity (Wildman–Crippen MR) is 86.3 cm³/mol. The lowest BCUT2D eigenvalue weighted by Gasteiger charge is -2.40. The van der Waals surface area contributed by atoms with Crippen LogP contribution in [-0.2, 0) is 6.42 Å². The van der Waals surface area contributed by atoms with Crippen LogP contribution in [0.1, 0.15) is 18.2 Å². The van der Waals surface area contributed by atoms with Crippen LogP contribution in [0.4, 0.5) is 9.80 Å². The molecule has 5 nitrogen and oxygen atoms in total. The lowest BCUT2D eigenvalue weighted by Crippen LogP contribution is -2.58. The molecule has 0 spiro atoms. The number of hydrogen-bond acceptors (Lipinski definition) is 4. The van der Waals surface area contributed by atoms with E-state index in [1.807, 2.05) is 6.92 Å². The molecule has 0 N–H and O–H groups in total. The molecule has 1 saturated heterocycles. The van der Waals surface area contributed by atoms with E-state index in [-0.39, 0.29) is 6.03 Å². The summed E-state index contributed by atoms with van der Waals surface area (Å²) in [6, 6.07) is -0.0161. The highest BCUT2D eigenvalue weighted by atomic mass is 32.1. The van der Waals surface area contributed by atoms with Gasteiger partial charge in [-0.1, -0.05) is 18.9 Å². The number of aromatic nitrogens is 1. The average molecular weight is 304 g/mol. The fourth-order valence-electron chi connectivity index (χ4n) is 2.39. The van der Waals surface area contributed by atoms with Crippen molar-refractivity contribution in [3.8, 4) is 12.3 Å². The summed E-state index contributed by atoms with van der Waals surface area (Å²) in [4.78, 5) is 18.2. The van der Waals surface area contributed by atoms with E-state index in [0.717, 1.165) is 22.7 Å². The van der Waals surface area contributed by atoms with Gasteiger partial charge >= 0.3 is 6.03 Å². The molecule has 2 heterocycles. The Kier molecular flexibility index (Phi) is 4.99. The summed E-state index contributed by atoms with van der Waals surface area (Å²) in [5, 5.41) is 0.910. The summed E-state index contributed by atoms with van der Waals surface area (Å²) in [5.74, 6) is 2.64. The Morgan fingerprint density at radius 1 is 1.52 bits per heavy atom. The van der Waals surface area contributed by atoms with Gasteiger partial charge in [0, 0.05) is 12.1 Å². The highest BCUT2D eigenvalue weighted by Gasteiger charge is 2.32. The number of carbonyl (C=O) groups is 1. The Morgan fingerprint density at radius 3 is 2.86 bits per heavy atom. The number of terminal acetylenes is 1. The third-order valence-electron chi connectivity index (χ3n) is 3.45. The van der Waals surface area contributed by atoms with Crippen LogP contribution in [0, 0.1) is 19.3 Å². The molecule has 1 aromatic rings. The number of aryl methyl sites for hydroxylation is 1. The molecule has 112 valence electrons. The summed E-state index contributed by atoms with van der Waals surface area (Å²) in [5.41, 5.74) is 2.13. The molecule has 1 aliphatic rings. The van der Waals surface area contributed by atoms with Gasteiger partial charge in [0.25, 0.3) is 0 Å². The van der Waals surface area contributed by atoms with E-state index in [1.54, 1.807) is 15.9 Å². The summed E-state index contributed by atoms with van der Waals surface area (Å²) in [7, 11) is 0. The molecule has 0 radical (unpaired) electrons. The Hall–Kier alpha value is -1.84. The summed E-state index contributed by atoms with van der Waals surface area (Å²) < 4.78 is 4.44. The molecule has 1 aromatic heterocycles. The fraction of sp³-hybridized carbons (Fsp3) is 0.467. The molecule has 0 aliphatic carbocycles. The maximum absolute atomic E-state index is 12.6. The molecule has 0 saturated carbocycles. The minimum atomic E-state index is -0.0161. The number of amides is 2. The topological polar surface area (TPSA) is 39.7 Å². The van der Waals surface area contributed by atoms with Crippen molar-refractivity contribution in [2.45, 2.75) is 20.3 Å². The summed E-state index contributed by atoms with van der Waals surface area (Å²) >= 11 is 1.38. The van der Waals surface area contributed by atoms with Crippen LogP contribution in [0.5, 0.6) is 0 Å². The standard InChI is InChI=1S/C15H20N4OS/c1-5-8-17-10-18(9-6-2)15(20)19(11-17)14-12(4)13(7-3)16-21-14/h1,6H,2,7-11H2,3-4H3. The van der Waals surface area contributed by atoms with Crippen LogP contribution < -0.4 is 4.90 Å². The molecule has 1 fully saturated rings. The quantitative estimate of drug-likeness (QED) is 0.619. The van der Waals surface area contributed by atoms with Gasteiger partial charge in [0.2, 0.25) is 0 Å². The van der Waals surface area contributed by atoms with Gasteiger partial charge in [-0.2, -0.15) is 4.37 Å². The zero-order valence-corrected chi connectivity index (χ0v) is 13.3. The Balaban J connectivity index is 2.30. The predicted octanol–water partition coefficient (Wildman–Crippen LogP) is 2.29. The zero-order valence-electron chi connectivity index (χ0n) is 12.5. The van der Waals surface area contributed by atoms with Crippen LogP contribution in [0.25, 0.3) is 0 Å². The highest BCUT2D eigenvalue weighted by molar-refractivity contribution is 7.10. The van der Waals surface area contributed by atoms with E-state index in [9.17, 15) is 4.79 Å². The Morgan fingerprint density at radius 2 is 2.29 bits per heavy atom. The molecular formula is C15H20N4OS. The number of urea groups is 1. The first kappa shape index (κ1) is 15.5. The maximum Gasteiger partial charge on any atom is 0.327 e. The van der Waals surface area contributed by atoms with Gasteiger partial charge in [-0.05, 0) is 24.9 Å². The van der Waals surface area contributed by atoms with Crippen LogP contribution >= 0.6 is 11.5 Å². The van der Waals surface area contributed by atoms with Crippen molar-refractivity contribution < 1.29 is 4.79 Å². The summed E-state index contributed by atoms with van der Waals surface area (Å²) in [6.45, 7) is 9.85. The minimum Gasteiger partial charge on any atom is -0.308 e. The molecule has 21 heavy (non-hydrogen) atoms. The number of carbonyl (C=O) groups excluding carboxylic acids is 1. The van der Waals surface area contributed by atoms with Gasteiger partial charge in [-0.3, -0.25) is 9.80 Å². The van der Waals surface area contributed by atoms with E-state index in [0.29, 0.717) is 26.4 Å². The Bertz CT molecular complexity index is 575. The molecular weight excluding hydrogens is 284 g/mol. The van der Waals surface area contributed by atoms with Gasteiger partial charge < -0.3 is 4.90 Å². The normalized spacial score (nSPS) is 16.1. The smallest absolute Gasteiger partial charge is 0.308 e. The second kappa shape index (κ2) is 6.74. The molecule has 2 rings (SSSR count). The molecule has 0 bridgehead atoms. The number of nitrogens with zero attached hydrogens (tertiary/aromatic N) is 4. The highest BCUT2D eigenvalue weighted by Crippen LogP contribution is 2.30. The van der Waals surface area contributed by atoms with Gasteiger partial charge in [0.1, 0.15) is 5.00 Å². The van der Waals surface area contributed by atoms with Crippen molar-refractivity contribution in [3.63, 3.8) is 0 Å². The van der Waals surface area contributed by atoms with Gasteiger partial charge in [-0.15, -0.1) is 13.0 Å². The molecule has 1 aliphatic heterocycles. The first-order valence-corrected chi connectivity index (χ1v) is 7.68. The first-order valence-electron chi connectivity index (χ1n) is 6.90. The molecule has 2 amide bonds.